The second-order valence-corrected chi connectivity index (χ2v) is 6.11. The number of rotatable bonds is 6. The molecule has 4 nitrogen and oxygen atoms in total. The molecule has 0 aromatic heterocycles. The van der Waals surface area contributed by atoms with E-state index >= 15 is 0 Å². The Morgan fingerprint density at radius 1 is 1.32 bits per heavy atom. The monoisotopic (exact) mass is 321 g/mol. The molecule has 0 aliphatic carbocycles. The average Bonchev–Trinajstić information content (AvgIpc) is 2.51. The number of hydrogen-bond acceptors (Lipinski definition) is 3. The zero-order valence-corrected chi connectivity index (χ0v) is 13.9. The lowest BCUT2D eigenvalue weighted by Crippen LogP contribution is -2.45. The van der Waals surface area contributed by atoms with Crippen molar-refractivity contribution in [1.29, 1.82) is 0 Å². The van der Waals surface area contributed by atoms with Gasteiger partial charge in [0.15, 0.2) is 0 Å². The van der Waals surface area contributed by atoms with Gasteiger partial charge >= 0.3 is 0 Å². The molecule has 0 atom stereocenters. The van der Waals surface area contributed by atoms with Crippen molar-refractivity contribution in [3.05, 3.63) is 40.9 Å². The number of nitrogens with one attached hydrogen (secondary N) is 1. The van der Waals surface area contributed by atoms with E-state index in [2.05, 4.69) is 22.2 Å². The van der Waals surface area contributed by atoms with Crippen molar-refractivity contribution in [3.8, 4) is 0 Å². The van der Waals surface area contributed by atoms with Crippen LogP contribution in [0.3, 0.4) is 0 Å². The van der Waals surface area contributed by atoms with Crippen LogP contribution in [0.1, 0.15) is 12.0 Å². The summed E-state index contributed by atoms with van der Waals surface area (Å²) in [4.78, 5) is 16.5. The molecule has 22 heavy (non-hydrogen) atoms. The van der Waals surface area contributed by atoms with Gasteiger partial charge in [-0.15, -0.1) is 0 Å². The van der Waals surface area contributed by atoms with E-state index in [1.165, 1.54) is 0 Å². The minimum Gasteiger partial charge on any atom is -0.353 e. The molecular formula is C17H24ClN3O. The number of halogens is 1. The molecule has 1 aliphatic heterocycles. The van der Waals surface area contributed by atoms with Gasteiger partial charge in [0.2, 0.25) is 5.91 Å². The summed E-state index contributed by atoms with van der Waals surface area (Å²) in [7, 11) is 2.16. The molecule has 120 valence electrons. The van der Waals surface area contributed by atoms with Crippen molar-refractivity contribution in [2.24, 2.45) is 0 Å². The zero-order chi connectivity index (χ0) is 15.8. The summed E-state index contributed by atoms with van der Waals surface area (Å²) in [5.74, 6) is -0.0571. The van der Waals surface area contributed by atoms with Gasteiger partial charge in [0.05, 0.1) is 0 Å². The Hall–Kier alpha value is -1.36. The first-order valence-electron chi connectivity index (χ1n) is 7.76. The van der Waals surface area contributed by atoms with Crippen molar-refractivity contribution in [3.63, 3.8) is 0 Å². The summed E-state index contributed by atoms with van der Waals surface area (Å²) >= 11 is 5.90. The third-order valence-corrected chi connectivity index (χ3v) is 4.06. The Morgan fingerprint density at radius 2 is 2.09 bits per heavy atom. The normalized spacial score (nSPS) is 17.0. The summed E-state index contributed by atoms with van der Waals surface area (Å²) < 4.78 is 0. The topological polar surface area (TPSA) is 35.6 Å². The van der Waals surface area contributed by atoms with E-state index < -0.39 is 0 Å². The van der Waals surface area contributed by atoms with Crippen LogP contribution in [0.25, 0.3) is 6.08 Å². The van der Waals surface area contributed by atoms with Gasteiger partial charge < -0.3 is 15.1 Å². The Kier molecular flexibility index (Phi) is 6.90. The lowest BCUT2D eigenvalue weighted by molar-refractivity contribution is -0.116. The fourth-order valence-electron chi connectivity index (χ4n) is 2.43. The first-order valence-corrected chi connectivity index (χ1v) is 8.14. The van der Waals surface area contributed by atoms with Crippen LogP contribution < -0.4 is 5.32 Å². The SMILES string of the molecule is CN1CCN(CCCNC(=O)/C=C/c2cccc(Cl)c2)CC1. The molecule has 0 unspecified atom stereocenters. The number of hydrogen-bond donors (Lipinski definition) is 1. The van der Waals surface area contributed by atoms with Crippen molar-refractivity contribution < 1.29 is 4.79 Å². The summed E-state index contributed by atoms with van der Waals surface area (Å²) in [5.41, 5.74) is 0.931. The van der Waals surface area contributed by atoms with Crippen molar-refractivity contribution >= 4 is 23.6 Å². The van der Waals surface area contributed by atoms with Gasteiger partial charge in [0, 0.05) is 43.8 Å². The van der Waals surface area contributed by atoms with Crippen LogP contribution in [0.2, 0.25) is 5.02 Å². The highest BCUT2D eigenvalue weighted by atomic mass is 35.5. The molecule has 1 aromatic carbocycles. The largest absolute Gasteiger partial charge is 0.353 e. The van der Waals surface area contributed by atoms with Gasteiger partial charge in [-0.2, -0.15) is 0 Å². The Bertz CT molecular complexity index is 510. The molecule has 1 fully saturated rings. The molecule has 0 spiro atoms. The smallest absolute Gasteiger partial charge is 0.243 e. The molecule has 0 radical (unpaired) electrons. The molecule has 1 saturated heterocycles. The van der Waals surface area contributed by atoms with Crippen LogP contribution in [-0.2, 0) is 4.79 Å². The number of carbonyl (C=O) groups excluding carboxylic acids is 1. The third-order valence-electron chi connectivity index (χ3n) is 3.82. The maximum Gasteiger partial charge on any atom is 0.243 e. The molecule has 2 rings (SSSR count). The van der Waals surface area contributed by atoms with E-state index in [0.29, 0.717) is 11.6 Å². The second-order valence-electron chi connectivity index (χ2n) is 5.68. The van der Waals surface area contributed by atoms with Crippen LogP contribution in [0, 0.1) is 0 Å². The van der Waals surface area contributed by atoms with Crippen LogP contribution >= 0.6 is 11.6 Å². The maximum absolute atomic E-state index is 11.7. The highest BCUT2D eigenvalue weighted by Gasteiger charge is 2.12. The predicted molar refractivity (Wildman–Crippen MR) is 92.0 cm³/mol. The highest BCUT2D eigenvalue weighted by molar-refractivity contribution is 6.30. The summed E-state index contributed by atoms with van der Waals surface area (Å²) in [6.45, 7) is 6.28. The van der Waals surface area contributed by atoms with E-state index in [1.54, 1.807) is 12.2 Å². The third kappa shape index (κ3) is 6.18. The van der Waals surface area contributed by atoms with Gasteiger partial charge in [-0.25, -0.2) is 0 Å². The van der Waals surface area contributed by atoms with Gasteiger partial charge in [-0.3, -0.25) is 4.79 Å². The summed E-state index contributed by atoms with van der Waals surface area (Å²) in [5, 5.41) is 3.60. The number of piperazine rings is 1. The summed E-state index contributed by atoms with van der Waals surface area (Å²) in [6, 6.07) is 7.44. The highest BCUT2D eigenvalue weighted by Crippen LogP contribution is 2.11. The van der Waals surface area contributed by atoms with Crippen LogP contribution in [-0.4, -0.2) is 62.0 Å². The fraction of sp³-hybridized carbons (Fsp3) is 0.471. The number of nitrogens with zero attached hydrogens (tertiary/aromatic N) is 2. The van der Waals surface area contributed by atoms with E-state index in [1.807, 2.05) is 24.3 Å². The van der Waals surface area contributed by atoms with Gasteiger partial charge in [-0.05, 0) is 43.8 Å². The first kappa shape index (κ1) is 17.0. The van der Waals surface area contributed by atoms with E-state index in [0.717, 1.165) is 44.7 Å². The Morgan fingerprint density at radius 3 is 2.82 bits per heavy atom. The van der Waals surface area contributed by atoms with E-state index in [-0.39, 0.29) is 5.91 Å². The molecule has 0 bridgehead atoms. The molecule has 5 heteroatoms. The van der Waals surface area contributed by atoms with Crippen molar-refractivity contribution in [2.45, 2.75) is 6.42 Å². The van der Waals surface area contributed by atoms with Crippen LogP contribution in [0.5, 0.6) is 0 Å². The Balaban J connectivity index is 1.61. The Labute approximate surface area is 137 Å². The molecule has 0 saturated carbocycles. The van der Waals surface area contributed by atoms with Gasteiger partial charge in [-0.1, -0.05) is 23.7 Å². The quantitative estimate of drug-likeness (QED) is 0.644. The van der Waals surface area contributed by atoms with Crippen LogP contribution in [0.15, 0.2) is 30.3 Å². The number of likely N-dealkylation sites (N-methyl/N-ethyl adjacent to an activating group) is 1. The van der Waals surface area contributed by atoms with E-state index in [9.17, 15) is 4.79 Å². The number of benzene rings is 1. The van der Waals surface area contributed by atoms with Crippen LogP contribution in [0.4, 0.5) is 0 Å². The minimum absolute atomic E-state index is 0.0571. The zero-order valence-electron chi connectivity index (χ0n) is 13.1. The molecule has 1 N–H and O–H groups in total. The standard InChI is InChI=1S/C17H24ClN3O/c1-20-10-12-21(13-11-20)9-3-8-19-17(22)7-6-15-4-2-5-16(18)14-15/h2,4-7,14H,3,8-13H2,1H3,(H,19,22)/b7-6+. The molecule has 1 aliphatic rings. The molecule has 1 amide bonds. The summed E-state index contributed by atoms with van der Waals surface area (Å²) in [6.07, 6.45) is 4.32. The first-order chi connectivity index (χ1) is 10.6. The van der Waals surface area contributed by atoms with Gasteiger partial charge in [0.1, 0.15) is 0 Å². The minimum atomic E-state index is -0.0571. The van der Waals surface area contributed by atoms with Crippen molar-refractivity contribution in [2.75, 3.05) is 46.3 Å². The second kappa shape index (κ2) is 8.93. The van der Waals surface area contributed by atoms with Gasteiger partial charge in [0.25, 0.3) is 0 Å². The number of carbonyl (C=O) groups is 1. The molecule has 1 heterocycles. The lowest BCUT2D eigenvalue weighted by Gasteiger charge is -2.32. The fourth-order valence-corrected chi connectivity index (χ4v) is 2.63. The molecule has 1 aromatic rings. The van der Waals surface area contributed by atoms with E-state index in [4.69, 9.17) is 11.6 Å². The van der Waals surface area contributed by atoms with Crippen molar-refractivity contribution in [1.82, 2.24) is 15.1 Å². The number of amides is 1. The lowest BCUT2D eigenvalue weighted by atomic mass is 10.2. The molecular weight excluding hydrogens is 298 g/mol. The maximum atomic E-state index is 11.7. The average molecular weight is 322 g/mol. The predicted octanol–water partition coefficient (Wildman–Crippen LogP) is 2.11.